The summed E-state index contributed by atoms with van der Waals surface area (Å²) in [6, 6.07) is 10.7. The highest BCUT2D eigenvalue weighted by molar-refractivity contribution is 6.30. The van der Waals surface area contributed by atoms with Crippen molar-refractivity contribution >= 4 is 11.6 Å². The first kappa shape index (κ1) is 11.4. The fourth-order valence-electron chi connectivity index (χ4n) is 1.35. The van der Waals surface area contributed by atoms with Crippen molar-refractivity contribution in [1.29, 1.82) is 5.26 Å². The quantitative estimate of drug-likeness (QED) is 0.833. The minimum atomic E-state index is 0.364. The normalized spacial score (nSPS) is 9.65. The topological polar surface area (TPSA) is 45.9 Å². The van der Waals surface area contributed by atoms with Crippen molar-refractivity contribution in [3.8, 4) is 11.8 Å². The smallest absolute Gasteiger partial charge is 0.139 e. The SMILES string of the molecule is N#Cc1ccc(Cl)cc1OCc1cccnc1. The highest BCUT2D eigenvalue weighted by Gasteiger charge is 2.04. The predicted molar refractivity (Wildman–Crippen MR) is 64.7 cm³/mol. The molecule has 0 amide bonds. The zero-order chi connectivity index (χ0) is 12.1. The molecule has 4 heteroatoms. The number of nitriles is 1. The van der Waals surface area contributed by atoms with E-state index in [0.29, 0.717) is 22.9 Å². The maximum Gasteiger partial charge on any atom is 0.139 e. The van der Waals surface area contributed by atoms with E-state index in [9.17, 15) is 0 Å². The van der Waals surface area contributed by atoms with Crippen LogP contribution in [-0.4, -0.2) is 4.98 Å². The lowest BCUT2D eigenvalue weighted by molar-refractivity contribution is 0.305. The Labute approximate surface area is 104 Å². The number of hydrogen-bond donors (Lipinski definition) is 0. The van der Waals surface area contributed by atoms with Gasteiger partial charge in [-0.2, -0.15) is 5.26 Å². The fraction of sp³-hybridized carbons (Fsp3) is 0.0769. The van der Waals surface area contributed by atoms with Crippen molar-refractivity contribution in [2.45, 2.75) is 6.61 Å². The molecule has 0 spiro atoms. The molecule has 0 aliphatic carbocycles. The summed E-state index contributed by atoms with van der Waals surface area (Å²) in [5.74, 6) is 0.490. The first-order valence-corrected chi connectivity index (χ1v) is 5.39. The van der Waals surface area contributed by atoms with Gasteiger partial charge in [0, 0.05) is 29.0 Å². The van der Waals surface area contributed by atoms with Crippen LogP contribution < -0.4 is 4.74 Å². The Bertz CT molecular complexity index is 549. The lowest BCUT2D eigenvalue weighted by Crippen LogP contribution is -1.97. The summed E-state index contributed by atoms with van der Waals surface area (Å²) in [7, 11) is 0. The lowest BCUT2D eigenvalue weighted by atomic mass is 10.2. The molecule has 3 nitrogen and oxygen atoms in total. The summed E-state index contributed by atoms with van der Waals surface area (Å²) in [4.78, 5) is 3.99. The number of rotatable bonds is 3. The number of pyridine rings is 1. The van der Waals surface area contributed by atoms with Crippen molar-refractivity contribution in [1.82, 2.24) is 4.98 Å². The van der Waals surface area contributed by atoms with Gasteiger partial charge in [-0.25, -0.2) is 0 Å². The number of aromatic nitrogens is 1. The van der Waals surface area contributed by atoms with E-state index in [1.165, 1.54) is 0 Å². The maximum atomic E-state index is 8.92. The van der Waals surface area contributed by atoms with Crippen LogP contribution in [-0.2, 0) is 6.61 Å². The van der Waals surface area contributed by atoms with Gasteiger partial charge in [-0.05, 0) is 18.2 Å². The molecule has 0 bridgehead atoms. The van der Waals surface area contributed by atoms with Gasteiger partial charge in [0.05, 0.1) is 5.56 Å². The van der Waals surface area contributed by atoms with E-state index >= 15 is 0 Å². The second-order valence-electron chi connectivity index (χ2n) is 3.40. The Hall–Kier alpha value is -2.05. The number of ether oxygens (including phenoxy) is 1. The van der Waals surface area contributed by atoms with E-state index in [1.807, 2.05) is 12.1 Å². The van der Waals surface area contributed by atoms with E-state index in [4.69, 9.17) is 21.6 Å². The molecule has 0 aliphatic heterocycles. The molecule has 1 heterocycles. The van der Waals surface area contributed by atoms with Crippen LogP contribution in [0.3, 0.4) is 0 Å². The summed E-state index contributed by atoms with van der Waals surface area (Å²) in [6.45, 7) is 0.364. The summed E-state index contributed by atoms with van der Waals surface area (Å²) in [6.07, 6.45) is 3.42. The summed E-state index contributed by atoms with van der Waals surface area (Å²) in [5, 5.41) is 9.47. The Balaban J connectivity index is 2.14. The average molecular weight is 245 g/mol. The van der Waals surface area contributed by atoms with Gasteiger partial charge in [0.1, 0.15) is 18.4 Å². The number of benzene rings is 1. The van der Waals surface area contributed by atoms with E-state index in [0.717, 1.165) is 5.56 Å². The third-order valence-corrected chi connectivity index (χ3v) is 2.42. The van der Waals surface area contributed by atoms with Gasteiger partial charge in [0.25, 0.3) is 0 Å². The first-order valence-electron chi connectivity index (χ1n) is 5.01. The van der Waals surface area contributed by atoms with Crippen LogP contribution in [0.2, 0.25) is 5.02 Å². The third-order valence-electron chi connectivity index (χ3n) is 2.18. The molecule has 1 aromatic heterocycles. The van der Waals surface area contributed by atoms with Crippen LogP contribution in [0.1, 0.15) is 11.1 Å². The average Bonchev–Trinajstić information content (AvgIpc) is 2.38. The second-order valence-corrected chi connectivity index (χ2v) is 3.84. The molecule has 0 aliphatic rings. The molecule has 1 aromatic carbocycles. The molecule has 0 unspecified atom stereocenters. The van der Waals surface area contributed by atoms with E-state index in [-0.39, 0.29) is 0 Å². The molecule has 0 N–H and O–H groups in total. The van der Waals surface area contributed by atoms with Gasteiger partial charge in [-0.3, -0.25) is 4.98 Å². The van der Waals surface area contributed by atoms with Crippen molar-refractivity contribution in [2.75, 3.05) is 0 Å². The minimum Gasteiger partial charge on any atom is -0.487 e. The second kappa shape index (κ2) is 5.33. The molecule has 2 rings (SSSR count). The monoisotopic (exact) mass is 244 g/mol. The van der Waals surface area contributed by atoms with Crippen molar-refractivity contribution in [3.05, 3.63) is 58.9 Å². The predicted octanol–water partition coefficient (Wildman–Crippen LogP) is 3.19. The van der Waals surface area contributed by atoms with Crippen LogP contribution >= 0.6 is 11.6 Å². The minimum absolute atomic E-state index is 0.364. The highest BCUT2D eigenvalue weighted by atomic mass is 35.5. The Morgan fingerprint density at radius 3 is 2.94 bits per heavy atom. The van der Waals surface area contributed by atoms with Gasteiger partial charge in [0.15, 0.2) is 0 Å². The molecule has 0 radical (unpaired) electrons. The molecule has 0 saturated carbocycles. The first-order chi connectivity index (χ1) is 8.29. The Morgan fingerprint density at radius 1 is 1.35 bits per heavy atom. The van der Waals surface area contributed by atoms with Gasteiger partial charge in [-0.1, -0.05) is 17.7 Å². The number of halogens is 1. The molecule has 0 atom stereocenters. The standard InChI is InChI=1S/C13H9ClN2O/c14-12-4-3-11(7-15)13(6-12)17-9-10-2-1-5-16-8-10/h1-6,8H,9H2. The summed E-state index contributed by atoms with van der Waals surface area (Å²) >= 11 is 5.85. The van der Waals surface area contributed by atoms with Crippen LogP contribution in [0.4, 0.5) is 0 Å². The van der Waals surface area contributed by atoms with Gasteiger partial charge in [-0.15, -0.1) is 0 Å². The Kier molecular flexibility index (Phi) is 3.59. The number of hydrogen-bond acceptors (Lipinski definition) is 3. The van der Waals surface area contributed by atoms with Gasteiger partial charge >= 0.3 is 0 Å². The zero-order valence-corrected chi connectivity index (χ0v) is 9.69. The number of nitrogens with zero attached hydrogens (tertiary/aromatic N) is 2. The maximum absolute atomic E-state index is 8.92. The summed E-state index contributed by atoms with van der Waals surface area (Å²) < 4.78 is 5.55. The van der Waals surface area contributed by atoms with Crippen molar-refractivity contribution in [3.63, 3.8) is 0 Å². The van der Waals surface area contributed by atoms with Crippen molar-refractivity contribution < 1.29 is 4.74 Å². The van der Waals surface area contributed by atoms with Gasteiger partial charge in [0.2, 0.25) is 0 Å². The zero-order valence-electron chi connectivity index (χ0n) is 8.93. The highest BCUT2D eigenvalue weighted by Crippen LogP contribution is 2.23. The lowest BCUT2D eigenvalue weighted by Gasteiger charge is -2.07. The Morgan fingerprint density at radius 2 is 2.24 bits per heavy atom. The largest absolute Gasteiger partial charge is 0.487 e. The molecular formula is C13H9ClN2O. The molecule has 17 heavy (non-hydrogen) atoms. The molecular weight excluding hydrogens is 236 g/mol. The van der Waals surface area contributed by atoms with Crippen molar-refractivity contribution in [2.24, 2.45) is 0 Å². The molecule has 0 fully saturated rings. The summed E-state index contributed by atoms with van der Waals surface area (Å²) in [5.41, 5.74) is 1.41. The van der Waals surface area contributed by atoms with Crippen LogP contribution in [0.25, 0.3) is 0 Å². The van der Waals surface area contributed by atoms with E-state index in [1.54, 1.807) is 30.6 Å². The van der Waals surface area contributed by atoms with Crippen LogP contribution in [0, 0.1) is 11.3 Å². The van der Waals surface area contributed by atoms with Gasteiger partial charge < -0.3 is 4.74 Å². The molecule has 2 aromatic rings. The molecule has 84 valence electrons. The molecule has 0 saturated heterocycles. The van der Waals surface area contributed by atoms with E-state index in [2.05, 4.69) is 11.1 Å². The third kappa shape index (κ3) is 2.96. The van der Waals surface area contributed by atoms with Crippen LogP contribution in [0.15, 0.2) is 42.7 Å². The fourth-order valence-corrected chi connectivity index (χ4v) is 1.51. The van der Waals surface area contributed by atoms with E-state index < -0.39 is 0 Å². The van der Waals surface area contributed by atoms with Crippen LogP contribution in [0.5, 0.6) is 5.75 Å².